The number of carbonyl (C=O) groups is 1. The second-order valence-electron chi connectivity index (χ2n) is 5.24. The lowest BCUT2D eigenvalue weighted by Gasteiger charge is -2.25. The monoisotopic (exact) mass is 357 g/mol. The van der Waals surface area contributed by atoms with Crippen molar-refractivity contribution >= 4 is 5.97 Å². The van der Waals surface area contributed by atoms with Gasteiger partial charge in [-0.1, -0.05) is 19.1 Å². The number of alkyl halides is 6. The predicted octanol–water partition coefficient (Wildman–Crippen LogP) is 4.11. The fourth-order valence-corrected chi connectivity index (χ4v) is 2.53. The molecule has 0 radical (unpaired) electrons. The Morgan fingerprint density at radius 2 is 1.75 bits per heavy atom. The summed E-state index contributed by atoms with van der Waals surface area (Å²) in [5, 5.41) is 0. The molecule has 0 aliphatic rings. The van der Waals surface area contributed by atoms with E-state index in [9.17, 15) is 31.1 Å². The molecule has 0 amide bonds. The zero-order valence-electron chi connectivity index (χ0n) is 13.0. The van der Waals surface area contributed by atoms with Crippen molar-refractivity contribution in [3.05, 3.63) is 34.9 Å². The van der Waals surface area contributed by atoms with Gasteiger partial charge in [-0.25, -0.2) is 0 Å². The van der Waals surface area contributed by atoms with Crippen molar-refractivity contribution in [1.82, 2.24) is 0 Å². The highest BCUT2D eigenvalue weighted by Crippen LogP contribution is 2.45. The van der Waals surface area contributed by atoms with E-state index in [0.717, 1.165) is 19.2 Å². The molecule has 0 spiro atoms. The molecule has 1 aromatic rings. The lowest BCUT2D eigenvalue weighted by atomic mass is 9.85. The Morgan fingerprint density at radius 1 is 1.17 bits per heavy atom. The van der Waals surface area contributed by atoms with Crippen molar-refractivity contribution in [2.45, 2.75) is 44.1 Å². The lowest BCUT2D eigenvalue weighted by molar-refractivity contribution is -0.162. The molecule has 0 fully saturated rings. The Bertz CT molecular complexity index is 582. The Morgan fingerprint density at radius 3 is 2.17 bits per heavy atom. The summed E-state index contributed by atoms with van der Waals surface area (Å²) in [4.78, 5) is 11.4. The van der Waals surface area contributed by atoms with Crippen LogP contribution in [0.5, 0.6) is 0 Å². The minimum atomic E-state index is -5.19. The molecule has 1 rings (SSSR count). The number of carbonyl (C=O) groups excluding carboxylic acids is 1. The molecule has 24 heavy (non-hydrogen) atoms. The van der Waals surface area contributed by atoms with Gasteiger partial charge in [-0.15, -0.1) is 0 Å². The van der Waals surface area contributed by atoms with Crippen molar-refractivity contribution in [2.24, 2.45) is 5.73 Å². The van der Waals surface area contributed by atoms with Gasteiger partial charge in [0.05, 0.1) is 18.2 Å². The van der Waals surface area contributed by atoms with Crippen LogP contribution in [0.15, 0.2) is 18.2 Å². The van der Waals surface area contributed by atoms with Crippen LogP contribution in [-0.4, -0.2) is 19.1 Å². The van der Waals surface area contributed by atoms with Gasteiger partial charge >= 0.3 is 18.3 Å². The Hall–Kier alpha value is -1.77. The first kappa shape index (κ1) is 20.3. The normalized spacial score (nSPS) is 15.0. The molecular formula is C15H17F6NO2. The van der Waals surface area contributed by atoms with E-state index >= 15 is 0 Å². The second kappa shape index (κ2) is 7.42. The first-order valence-corrected chi connectivity index (χ1v) is 7.04. The average molecular weight is 357 g/mol. The fraction of sp³-hybridized carbons (Fsp3) is 0.533. The van der Waals surface area contributed by atoms with Crippen LogP contribution in [-0.2, 0) is 21.9 Å². The number of esters is 1. The summed E-state index contributed by atoms with van der Waals surface area (Å²) in [6.45, 7) is 1.51. The number of benzene rings is 1. The molecule has 0 aliphatic heterocycles. The van der Waals surface area contributed by atoms with Crippen LogP contribution in [0.25, 0.3) is 0 Å². The molecular weight excluding hydrogens is 340 g/mol. The van der Waals surface area contributed by atoms with Crippen LogP contribution in [0.1, 0.15) is 42.4 Å². The summed E-state index contributed by atoms with van der Waals surface area (Å²) in [6.07, 6.45) is -10.5. The molecule has 2 unspecified atom stereocenters. The van der Waals surface area contributed by atoms with E-state index in [1.807, 2.05) is 0 Å². The van der Waals surface area contributed by atoms with E-state index in [-0.39, 0.29) is 12.8 Å². The number of hydrogen-bond acceptors (Lipinski definition) is 3. The molecule has 1 aromatic carbocycles. The topological polar surface area (TPSA) is 52.3 Å². The molecule has 136 valence electrons. The smallest absolute Gasteiger partial charge is 0.417 e. The van der Waals surface area contributed by atoms with Crippen LogP contribution in [0.2, 0.25) is 0 Å². The molecule has 0 bridgehead atoms. The van der Waals surface area contributed by atoms with Crippen molar-refractivity contribution < 1.29 is 35.9 Å². The van der Waals surface area contributed by atoms with E-state index in [1.54, 1.807) is 0 Å². The van der Waals surface area contributed by atoms with Gasteiger partial charge in [-0.05, 0) is 30.4 Å². The maximum atomic E-state index is 13.3. The Kier molecular flexibility index (Phi) is 6.26. The van der Waals surface area contributed by atoms with Crippen molar-refractivity contribution in [2.75, 3.05) is 7.11 Å². The summed E-state index contributed by atoms with van der Waals surface area (Å²) < 4.78 is 83.1. The van der Waals surface area contributed by atoms with Gasteiger partial charge in [0.15, 0.2) is 0 Å². The van der Waals surface area contributed by atoms with Crippen LogP contribution < -0.4 is 5.73 Å². The number of ether oxygens (including phenoxy) is 1. The Labute approximate surface area is 134 Å². The van der Waals surface area contributed by atoms with Gasteiger partial charge < -0.3 is 10.5 Å². The van der Waals surface area contributed by atoms with Crippen molar-refractivity contribution in [3.8, 4) is 0 Å². The first-order valence-electron chi connectivity index (χ1n) is 7.04. The summed E-state index contributed by atoms with van der Waals surface area (Å²) in [6, 6.07) is 1.06. The van der Waals surface area contributed by atoms with Gasteiger partial charge in [-0.2, -0.15) is 26.3 Å². The lowest BCUT2D eigenvalue weighted by Crippen LogP contribution is -2.33. The van der Waals surface area contributed by atoms with Crippen molar-refractivity contribution in [3.63, 3.8) is 0 Å². The van der Waals surface area contributed by atoms with Gasteiger partial charge in [0, 0.05) is 0 Å². The highest BCUT2D eigenvalue weighted by molar-refractivity contribution is 5.75. The minimum absolute atomic E-state index is 0.0785. The quantitative estimate of drug-likeness (QED) is 0.637. The van der Waals surface area contributed by atoms with Gasteiger partial charge in [0.1, 0.15) is 6.04 Å². The molecule has 9 heteroatoms. The van der Waals surface area contributed by atoms with Gasteiger partial charge in [0.25, 0.3) is 0 Å². The molecule has 0 aromatic heterocycles. The third-order valence-corrected chi connectivity index (χ3v) is 3.66. The highest BCUT2D eigenvalue weighted by atomic mass is 19.4. The molecule has 0 saturated carbocycles. The largest absolute Gasteiger partial charge is 0.468 e. The molecule has 0 saturated heterocycles. The van der Waals surface area contributed by atoms with Crippen LogP contribution in [0, 0.1) is 0 Å². The van der Waals surface area contributed by atoms with Crippen LogP contribution in [0.3, 0.4) is 0 Å². The van der Waals surface area contributed by atoms with E-state index in [2.05, 4.69) is 4.74 Å². The average Bonchev–Trinajstić information content (AvgIpc) is 2.49. The van der Waals surface area contributed by atoms with Crippen molar-refractivity contribution in [1.29, 1.82) is 0 Å². The predicted molar refractivity (Wildman–Crippen MR) is 74.1 cm³/mol. The maximum Gasteiger partial charge on any atom is 0.417 e. The molecule has 0 heterocycles. The number of methoxy groups -OCH3 is 1. The van der Waals surface area contributed by atoms with E-state index in [0.29, 0.717) is 6.07 Å². The molecule has 0 aliphatic carbocycles. The number of nitrogens with two attached hydrogens (primary N) is 1. The number of hydrogen-bond donors (Lipinski definition) is 1. The van der Waals surface area contributed by atoms with E-state index in [1.165, 1.54) is 6.92 Å². The first-order chi connectivity index (χ1) is 10.9. The second-order valence-corrected chi connectivity index (χ2v) is 5.24. The fourth-order valence-electron chi connectivity index (χ4n) is 2.53. The number of rotatable bonds is 5. The van der Waals surface area contributed by atoms with E-state index < -0.39 is 47.0 Å². The maximum absolute atomic E-state index is 13.3. The zero-order chi connectivity index (χ0) is 18.7. The van der Waals surface area contributed by atoms with Gasteiger partial charge in [-0.3, -0.25) is 4.79 Å². The standard InChI is InChI=1S/C15H17F6NO2/c1-3-8(7-11(22)13(23)24-2)9-5-4-6-10(14(16,17)18)12(9)15(19,20)21/h4-6,8,11H,3,7,22H2,1-2H3. The summed E-state index contributed by atoms with van der Waals surface area (Å²) >= 11 is 0. The SMILES string of the molecule is CCC(CC(N)C(=O)OC)c1cccc(C(F)(F)F)c1C(F)(F)F. The van der Waals surface area contributed by atoms with E-state index in [4.69, 9.17) is 5.73 Å². The summed E-state index contributed by atoms with van der Waals surface area (Å²) in [5.74, 6) is -1.81. The molecule has 2 N–H and O–H groups in total. The van der Waals surface area contributed by atoms with Crippen LogP contribution >= 0.6 is 0 Å². The van der Waals surface area contributed by atoms with Crippen LogP contribution in [0.4, 0.5) is 26.3 Å². The Balaban J connectivity index is 3.43. The summed E-state index contributed by atoms with van der Waals surface area (Å²) in [5.41, 5.74) is 1.53. The highest BCUT2D eigenvalue weighted by Gasteiger charge is 2.45. The third-order valence-electron chi connectivity index (χ3n) is 3.66. The third kappa shape index (κ3) is 4.62. The minimum Gasteiger partial charge on any atom is -0.468 e. The number of halogens is 6. The molecule has 3 nitrogen and oxygen atoms in total. The van der Waals surface area contributed by atoms with Gasteiger partial charge in [0.2, 0.25) is 0 Å². The summed E-state index contributed by atoms with van der Waals surface area (Å²) in [7, 11) is 1.06. The zero-order valence-corrected chi connectivity index (χ0v) is 13.0. The molecule has 2 atom stereocenters.